The van der Waals surface area contributed by atoms with Crippen molar-refractivity contribution in [1.82, 2.24) is 10.2 Å². The lowest BCUT2D eigenvalue weighted by molar-refractivity contribution is -0.142. The Morgan fingerprint density at radius 3 is 2.71 bits per heavy atom. The lowest BCUT2D eigenvalue weighted by Gasteiger charge is -2.27. The van der Waals surface area contributed by atoms with Crippen LogP contribution in [0.25, 0.3) is 0 Å². The van der Waals surface area contributed by atoms with Crippen LogP contribution in [0.2, 0.25) is 0 Å². The maximum atomic E-state index is 12.3. The molecule has 0 bridgehead atoms. The molecule has 0 aromatic heterocycles. The molecule has 6 nitrogen and oxygen atoms in total. The largest absolute Gasteiger partial charge is 0.481 e. The summed E-state index contributed by atoms with van der Waals surface area (Å²) >= 11 is 0. The molecular weight excluding hydrogens is 272 g/mol. The number of aliphatic carboxylic acids is 1. The van der Waals surface area contributed by atoms with Crippen LogP contribution in [0.3, 0.4) is 0 Å². The highest BCUT2D eigenvalue weighted by Gasteiger charge is 2.31. The Bertz CT molecular complexity index is 360. The molecule has 0 aromatic rings. The molecular formula is C15H26N2O4. The van der Waals surface area contributed by atoms with Crippen LogP contribution in [0.1, 0.15) is 32.1 Å². The topological polar surface area (TPSA) is 78.9 Å². The first-order valence-corrected chi connectivity index (χ1v) is 7.48. The zero-order valence-corrected chi connectivity index (χ0v) is 12.7. The molecule has 0 heterocycles. The average molecular weight is 298 g/mol. The van der Waals surface area contributed by atoms with E-state index < -0.39 is 11.9 Å². The summed E-state index contributed by atoms with van der Waals surface area (Å²) in [6.45, 7) is 4.95. The van der Waals surface area contributed by atoms with Gasteiger partial charge in [0.2, 0.25) is 0 Å². The number of rotatable bonds is 7. The van der Waals surface area contributed by atoms with Crippen LogP contribution in [-0.4, -0.2) is 54.9 Å². The second-order valence-corrected chi connectivity index (χ2v) is 5.37. The highest BCUT2D eigenvalue weighted by atomic mass is 16.5. The first-order chi connectivity index (χ1) is 10.1. The molecule has 1 aliphatic carbocycles. The summed E-state index contributed by atoms with van der Waals surface area (Å²) in [6, 6.07) is -0.544. The predicted molar refractivity (Wildman–Crippen MR) is 80.2 cm³/mol. The van der Waals surface area contributed by atoms with Crippen molar-refractivity contribution in [1.29, 1.82) is 0 Å². The smallest absolute Gasteiger partial charge is 0.317 e. The van der Waals surface area contributed by atoms with Gasteiger partial charge in [-0.15, -0.1) is 6.58 Å². The van der Waals surface area contributed by atoms with Gasteiger partial charge in [0.25, 0.3) is 0 Å². The van der Waals surface area contributed by atoms with Crippen molar-refractivity contribution < 1.29 is 19.4 Å². The van der Waals surface area contributed by atoms with E-state index in [1.54, 1.807) is 18.1 Å². The van der Waals surface area contributed by atoms with E-state index in [1.807, 2.05) is 0 Å². The average Bonchev–Trinajstić information content (AvgIpc) is 2.68. The van der Waals surface area contributed by atoms with E-state index in [0.717, 1.165) is 25.7 Å². The van der Waals surface area contributed by atoms with E-state index >= 15 is 0 Å². The Kier molecular flexibility index (Phi) is 7.82. The molecule has 1 fully saturated rings. The van der Waals surface area contributed by atoms with Crippen molar-refractivity contribution in [3.63, 3.8) is 0 Å². The first kappa shape index (κ1) is 17.5. The van der Waals surface area contributed by atoms with Crippen molar-refractivity contribution in [2.24, 2.45) is 5.92 Å². The van der Waals surface area contributed by atoms with Crippen LogP contribution in [0.5, 0.6) is 0 Å². The number of nitrogens with zero attached hydrogens (tertiary/aromatic N) is 1. The minimum absolute atomic E-state index is 0.245. The minimum Gasteiger partial charge on any atom is -0.481 e. The van der Waals surface area contributed by atoms with Gasteiger partial charge >= 0.3 is 12.0 Å². The van der Waals surface area contributed by atoms with Gasteiger partial charge in [0.1, 0.15) is 0 Å². The maximum Gasteiger partial charge on any atom is 0.317 e. The molecule has 2 N–H and O–H groups in total. The van der Waals surface area contributed by atoms with Crippen LogP contribution in [-0.2, 0) is 9.53 Å². The summed E-state index contributed by atoms with van der Waals surface area (Å²) in [5.41, 5.74) is 0. The first-order valence-electron chi connectivity index (χ1n) is 7.48. The van der Waals surface area contributed by atoms with Gasteiger partial charge in [0.05, 0.1) is 12.5 Å². The fourth-order valence-electron chi connectivity index (χ4n) is 2.66. The number of carboxylic acid groups (broad SMARTS) is 1. The highest BCUT2D eigenvalue weighted by Crippen LogP contribution is 2.24. The Morgan fingerprint density at radius 1 is 1.38 bits per heavy atom. The van der Waals surface area contributed by atoms with E-state index in [9.17, 15) is 14.7 Å². The van der Waals surface area contributed by atoms with Crippen molar-refractivity contribution >= 4 is 12.0 Å². The number of nitrogens with one attached hydrogen (secondary N) is 1. The van der Waals surface area contributed by atoms with Crippen LogP contribution in [0.4, 0.5) is 4.79 Å². The quantitative estimate of drug-likeness (QED) is 0.555. The SMILES string of the molecule is C=CCN(CCOC)C(=O)NC1CCCCCC1C(=O)O. The van der Waals surface area contributed by atoms with Crippen LogP contribution in [0, 0.1) is 5.92 Å². The number of hydrogen-bond donors (Lipinski definition) is 2. The Balaban J connectivity index is 2.66. The maximum absolute atomic E-state index is 12.3. The number of carbonyl (C=O) groups is 2. The molecule has 0 spiro atoms. The number of amides is 2. The van der Waals surface area contributed by atoms with Gasteiger partial charge in [-0.2, -0.15) is 0 Å². The number of methoxy groups -OCH3 is 1. The number of carboxylic acids is 1. The summed E-state index contributed by atoms with van der Waals surface area (Å²) in [5.74, 6) is -1.32. The van der Waals surface area contributed by atoms with Gasteiger partial charge in [-0.3, -0.25) is 4.79 Å². The van der Waals surface area contributed by atoms with Gasteiger partial charge in [0.15, 0.2) is 0 Å². The predicted octanol–water partition coefficient (Wildman–Crippen LogP) is 1.86. The van der Waals surface area contributed by atoms with Crippen molar-refractivity contribution in [3.8, 4) is 0 Å². The third kappa shape index (κ3) is 5.75. The minimum atomic E-state index is -0.825. The zero-order valence-electron chi connectivity index (χ0n) is 12.7. The van der Waals surface area contributed by atoms with Crippen LogP contribution >= 0.6 is 0 Å². The molecule has 0 radical (unpaired) electrons. The molecule has 0 saturated heterocycles. The number of carbonyl (C=O) groups excluding carboxylic acids is 1. The van der Waals surface area contributed by atoms with Gasteiger partial charge < -0.3 is 20.1 Å². The van der Waals surface area contributed by atoms with Crippen molar-refractivity contribution in [2.75, 3.05) is 26.8 Å². The molecule has 1 saturated carbocycles. The molecule has 0 aromatic carbocycles. The summed E-state index contributed by atoms with van der Waals surface area (Å²) in [5, 5.41) is 12.2. The molecule has 2 amide bonds. The van der Waals surface area contributed by atoms with Gasteiger partial charge in [-0.1, -0.05) is 25.3 Å². The van der Waals surface area contributed by atoms with Crippen LogP contribution in [0.15, 0.2) is 12.7 Å². The molecule has 2 unspecified atom stereocenters. The fourth-order valence-corrected chi connectivity index (χ4v) is 2.66. The highest BCUT2D eigenvalue weighted by molar-refractivity contribution is 5.77. The number of hydrogen-bond acceptors (Lipinski definition) is 3. The lowest BCUT2D eigenvalue weighted by atomic mass is 9.95. The second kappa shape index (κ2) is 9.39. The monoisotopic (exact) mass is 298 g/mol. The molecule has 6 heteroatoms. The van der Waals surface area contributed by atoms with Crippen LogP contribution < -0.4 is 5.32 Å². The third-order valence-corrected chi connectivity index (χ3v) is 3.84. The molecule has 21 heavy (non-hydrogen) atoms. The van der Waals surface area contributed by atoms with E-state index in [4.69, 9.17) is 4.74 Å². The second-order valence-electron chi connectivity index (χ2n) is 5.37. The molecule has 1 aliphatic rings. The Labute approximate surface area is 126 Å². The van der Waals surface area contributed by atoms with E-state index in [-0.39, 0.29) is 12.1 Å². The molecule has 1 rings (SSSR count). The Hall–Kier alpha value is -1.56. The van der Waals surface area contributed by atoms with Gasteiger partial charge in [-0.25, -0.2) is 4.79 Å². The van der Waals surface area contributed by atoms with E-state index in [2.05, 4.69) is 11.9 Å². The molecule has 0 aliphatic heterocycles. The standard InChI is InChI=1S/C15H26N2O4/c1-3-9-17(10-11-21-2)15(20)16-13-8-6-4-5-7-12(13)14(18)19/h3,12-13H,1,4-11H2,2H3,(H,16,20)(H,18,19). The van der Waals surface area contributed by atoms with Crippen molar-refractivity contribution in [2.45, 2.75) is 38.1 Å². The summed E-state index contributed by atoms with van der Waals surface area (Å²) < 4.78 is 4.99. The van der Waals surface area contributed by atoms with Gasteiger partial charge in [-0.05, 0) is 12.8 Å². The molecule has 120 valence electrons. The normalized spacial score (nSPS) is 22.1. The Morgan fingerprint density at radius 2 is 2.10 bits per heavy atom. The summed E-state index contributed by atoms with van der Waals surface area (Å²) in [6.07, 6.45) is 5.87. The van der Waals surface area contributed by atoms with Crippen molar-refractivity contribution in [3.05, 3.63) is 12.7 Å². The number of urea groups is 1. The zero-order chi connectivity index (χ0) is 15.7. The summed E-state index contributed by atoms with van der Waals surface area (Å²) in [7, 11) is 1.58. The molecule has 2 atom stereocenters. The number of ether oxygens (including phenoxy) is 1. The van der Waals surface area contributed by atoms with E-state index in [1.165, 1.54) is 0 Å². The lowest BCUT2D eigenvalue weighted by Crippen LogP contribution is -2.49. The van der Waals surface area contributed by atoms with Gasteiger partial charge in [0, 0.05) is 26.2 Å². The van der Waals surface area contributed by atoms with E-state index in [0.29, 0.717) is 26.1 Å². The summed E-state index contributed by atoms with van der Waals surface area (Å²) in [4.78, 5) is 25.3. The third-order valence-electron chi connectivity index (χ3n) is 3.84. The fraction of sp³-hybridized carbons (Fsp3) is 0.733.